The van der Waals surface area contributed by atoms with Gasteiger partial charge in [-0.3, -0.25) is 4.90 Å². The average Bonchev–Trinajstić information content (AvgIpc) is 2.48. The molecular weight excluding hydrogens is 303 g/mol. The Labute approximate surface area is 133 Å². The molecule has 3 rings (SSSR count). The first kappa shape index (κ1) is 16.1. The van der Waals surface area contributed by atoms with Crippen molar-refractivity contribution in [2.24, 2.45) is 0 Å². The van der Waals surface area contributed by atoms with E-state index in [0.717, 1.165) is 24.6 Å². The monoisotopic (exact) mass is 323 g/mol. The number of rotatable bonds is 2. The summed E-state index contributed by atoms with van der Waals surface area (Å²) in [6.07, 6.45) is -1.72. The second-order valence-electron chi connectivity index (χ2n) is 6.32. The Bertz CT molecular complexity index is 698. The Hall–Kier alpha value is -1.75. The van der Waals surface area contributed by atoms with Gasteiger partial charge in [-0.15, -0.1) is 0 Å². The van der Waals surface area contributed by atoms with E-state index in [9.17, 15) is 18.3 Å². The van der Waals surface area contributed by atoms with Gasteiger partial charge in [0.1, 0.15) is 11.8 Å². The normalized spacial score (nSPS) is 21.5. The number of phenols is 1. The number of nitrogens with zero attached hydrogens (tertiary/aromatic N) is 1. The SMILES string of the molecule is CC1CCCCN1C(c1ccc2cc(O)ccc2c1)C(F)(F)F. The van der Waals surface area contributed by atoms with Crippen molar-refractivity contribution in [3.8, 4) is 5.75 Å². The molecular formula is C18H20F3NO. The van der Waals surface area contributed by atoms with Crippen LogP contribution in [-0.4, -0.2) is 28.8 Å². The quantitative estimate of drug-likeness (QED) is 0.838. The standard InChI is InChI=1S/C18H20F3NO/c1-12-4-2-3-9-22(12)17(18(19,20)21)15-6-5-14-11-16(23)8-7-13(14)10-15/h5-8,10-12,17,23H,2-4,9H2,1H3. The molecule has 1 aliphatic rings. The van der Waals surface area contributed by atoms with Crippen molar-refractivity contribution in [3.05, 3.63) is 42.0 Å². The van der Waals surface area contributed by atoms with E-state index in [4.69, 9.17) is 0 Å². The third-order valence-corrected chi connectivity index (χ3v) is 4.66. The van der Waals surface area contributed by atoms with Gasteiger partial charge in [0.15, 0.2) is 0 Å². The largest absolute Gasteiger partial charge is 0.508 e. The van der Waals surface area contributed by atoms with Gasteiger partial charge < -0.3 is 5.11 Å². The van der Waals surface area contributed by atoms with Gasteiger partial charge in [0, 0.05) is 6.04 Å². The lowest BCUT2D eigenvalue weighted by molar-refractivity contribution is -0.194. The maximum Gasteiger partial charge on any atom is 0.408 e. The zero-order chi connectivity index (χ0) is 16.6. The molecule has 1 fully saturated rings. The Kier molecular flexibility index (Phi) is 4.23. The maximum absolute atomic E-state index is 13.7. The van der Waals surface area contributed by atoms with Crippen molar-refractivity contribution in [1.82, 2.24) is 4.90 Å². The summed E-state index contributed by atoms with van der Waals surface area (Å²) in [6.45, 7) is 2.34. The highest BCUT2D eigenvalue weighted by molar-refractivity contribution is 5.84. The van der Waals surface area contributed by atoms with Gasteiger partial charge in [0.2, 0.25) is 0 Å². The maximum atomic E-state index is 13.7. The number of likely N-dealkylation sites (tertiary alicyclic amines) is 1. The van der Waals surface area contributed by atoms with Crippen LogP contribution in [0.4, 0.5) is 13.2 Å². The topological polar surface area (TPSA) is 23.5 Å². The number of phenolic OH excluding ortho intramolecular Hbond substituents is 1. The Morgan fingerprint density at radius 2 is 1.78 bits per heavy atom. The van der Waals surface area contributed by atoms with Gasteiger partial charge in [-0.1, -0.05) is 24.6 Å². The van der Waals surface area contributed by atoms with Gasteiger partial charge in [-0.05, 0) is 60.8 Å². The van der Waals surface area contributed by atoms with E-state index in [0.29, 0.717) is 11.9 Å². The first-order valence-electron chi connectivity index (χ1n) is 7.91. The number of piperidine rings is 1. The molecule has 0 aliphatic carbocycles. The molecule has 2 atom stereocenters. The van der Waals surface area contributed by atoms with E-state index in [1.165, 1.54) is 12.1 Å². The van der Waals surface area contributed by atoms with E-state index in [2.05, 4.69) is 0 Å². The lowest BCUT2D eigenvalue weighted by Gasteiger charge is -2.40. The van der Waals surface area contributed by atoms with E-state index in [1.54, 1.807) is 29.2 Å². The Morgan fingerprint density at radius 3 is 2.48 bits per heavy atom. The minimum Gasteiger partial charge on any atom is -0.508 e. The molecule has 1 heterocycles. The van der Waals surface area contributed by atoms with Crippen LogP contribution in [0.1, 0.15) is 37.8 Å². The van der Waals surface area contributed by atoms with E-state index >= 15 is 0 Å². The van der Waals surface area contributed by atoms with E-state index in [-0.39, 0.29) is 17.4 Å². The third-order valence-electron chi connectivity index (χ3n) is 4.66. The van der Waals surface area contributed by atoms with Crippen LogP contribution in [0.15, 0.2) is 36.4 Å². The van der Waals surface area contributed by atoms with Crippen molar-refractivity contribution in [3.63, 3.8) is 0 Å². The molecule has 124 valence electrons. The first-order valence-corrected chi connectivity index (χ1v) is 7.91. The molecule has 0 amide bonds. The van der Waals surface area contributed by atoms with Crippen LogP contribution >= 0.6 is 0 Å². The van der Waals surface area contributed by atoms with Crippen molar-refractivity contribution in [2.75, 3.05) is 6.54 Å². The second-order valence-corrected chi connectivity index (χ2v) is 6.32. The highest BCUT2D eigenvalue weighted by Crippen LogP contribution is 2.41. The van der Waals surface area contributed by atoms with Crippen LogP contribution in [0, 0.1) is 0 Å². The van der Waals surface area contributed by atoms with Gasteiger partial charge in [0.05, 0.1) is 0 Å². The fourth-order valence-electron chi connectivity index (χ4n) is 3.49. The van der Waals surface area contributed by atoms with Gasteiger partial charge in [-0.2, -0.15) is 13.2 Å². The predicted molar refractivity (Wildman–Crippen MR) is 84.4 cm³/mol. The average molecular weight is 323 g/mol. The molecule has 0 bridgehead atoms. The zero-order valence-electron chi connectivity index (χ0n) is 13.0. The zero-order valence-corrected chi connectivity index (χ0v) is 13.0. The minimum absolute atomic E-state index is 0.0779. The predicted octanol–water partition coefficient (Wildman–Crippen LogP) is 5.02. The summed E-state index contributed by atoms with van der Waals surface area (Å²) < 4.78 is 41.2. The molecule has 2 unspecified atom stereocenters. The van der Waals surface area contributed by atoms with Crippen LogP contribution in [0.25, 0.3) is 10.8 Å². The smallest absolute Gasteiger partial charge is 0.408 e. The van der Waals surface area contributed by atoms with Gasteiger partial charge >= 0.3 is 6.18 Å². The van der Waals surface area contributed by atoms with Crippen LogP contribution in [0.2, 0.25) is 0 Å². The highest BCUT2D eigenvalue weighted by Gasteiger charge is 2.46. The first-order chi connectivity index (χ1) is 10.9. The summed E-state index contributed by atoms with van der Waals surface area (Å²) in [6, 6.07) is 7.83. The lowest BCUT2D eigenvalue weighted by atomic mass is 9.95. The number of benzene rings is 2. The molecule has 2 aromatic carbocycles. The van der Waals surface area contributed by atoms with Gasteiger partial charge in [0.25, 0.3) is 0 Å². The molecule has 0 aromatic heterocycles. The number of hydrogen-bond acceptors (Lipinski definition) is 2. The van der Waals surface area contributed by atoms with E-state index < -0.39 is 12.2 Å². The number of aromatic hydroxyl groups is 1. The van der Waals surface area contributed by atoms with Crippen molar-refractivity contribution >= 4 is 10.8 Å². The van der Waals surface area contributed by atoms with Crippen LogP contribution < -0.4 is 0 Å². The van der Waals surface area contributed by atoms with E-state index in [1.807, 2.05) is 6.92 Å². The molecule has 1 aliphatic heterocycles. The third kappa shape index (κ3) is 3.29. The Morgan fingerprint density at radius 1 is 1.09 bits per heavy atom. The van der Waals surface area contributed by atoms with Crippen molar-refractivity contribution in [2.45, 2.75) is 44.4 Å². The number of fused-ring (bicyclic) bond motifs is 1. The molecule has 2 nitrogen and oxygen atoms in total. The van der Waals surface area contributed by atoms with Crippen LogP contribution in [0.3, 0.4) is 0 Å². The van der Waals surface area contributed by atoms with Gasteiger partial charge in [-0.25, -0.2) is 0 Å². The number of alkyl halides is 3. The molecule has 5 heteroatoms. The van der Waals surface area contributed by atoms with Crippen LogP contribution in [-0.2, 0) is 0 Å². The minimum atomic E-state index is -4.31. The lowest BCUT2D eigenvalue weighted by Crippen LogP contribution is -2.46. The summed E-state index contributed by atoms with van der Waals surface area (Å²) in [4.78, 5) is 1.57. The van der Waals surface area contributed by atoms with Crippen molar-refractivity contribution in [1.29, 1.82) is 0 Å². The molecule has 0 saturated carbocycles. The molecule has 1 N–H and O–H groups in total. The molecule has 1 saturated heterocycles. The highest BCUT2D eigenvalue weighted by atomic mass is 19.4. The summed E-state index contributed by atoms with van der Waals surface area (Å²) in [5.41, 5.74) is 0.268. The molecule has 2 aromatic rings. The molecule has 23 heavy (non-hydrogen) atoms. The summed E-state index contributed by atoms with van der Waals surface area (Å²) in [5.74, 6) is 0.113. The summed E-state index contributed by atoms with van der Waals surface area (Å²) in [5, 5.41) is 10.9. The summed E-state index contributed by atoms with van der Waals surface area (Å²) in [7, 11) is 0. The Balaban J connectivity index is 2.04. The fourth-order valence-corrected chi connectivity index (χ4v) is 3.49. The molecule has 0 spiro atoms. The van der Waals surface area contributed by atoms with Crippen molar-refractivity contribution < 1.29 is 18.3 Å². The second kappa shape index (κ2) is 6.04. The number of hydrogen-bond donors (Lipinski definition) is 1. The van der Waals surface area contributed by atoms with Crippen LogP contribution in [0.5, 0.6) is 5.75 Å². The molecule has 0 radical (unpaired) electrons. The summed E-state index contributed by atoms with van der Waals surface area (Å²) >= 11 is 0. The number of halogens is 3. The fraction of sp³-hybridized carbons (Fsp3) is 0.444.